The van der Waals surface area contributed by atoms with Crippen LogP contribution in [0.15, 0.2) is 48.5 Å². The van der Waals surface area contributed by atoms with E-state index in [1.165, 1.54) is 11.1 Å². The van der Waals surface area contributed by atoms with Crippen LogP contribution in [0, 0.1) is 0 Å². The fourth-order valence-corrected chi connectivity index (χ4v) is 2.74. The topological polar surface area (TPSA) is 58.9 Å². The van der Waals surface area contributed by atoms with E-state index in [9.17, 15) is 10.2 Å². The molecule has 2 N–H and O–H groups in total. The van der Waals surface area contributed by atoms with Crippen molar-refractivity contribution in [3.63, 3.8) is 0 Å². The summed E-state index contributed by atoms with van der Waals surface area (Å²) < 4.78 is 11.1. The maximum Gasteiger partial charge on any atom is 0.119 e. The Morgan fingerprint density at radius 1 is 0.846 bits per heavy atom. The second-order valence-electron chi connectivity index (χ2n) is 6.95. The zero-order chi connectivity index (χ0) is 19.2. The Labute approximate surface area is 163 Å². The lowest BCUT2D eigenvalue weighted by Crippen LogP contribution is -2.20. The normalized spacial score (nSPS) is 13.9. The molecular formula is C21H27BrO4. The van der Waals surface area contributed by atoms with Crippen molar-refractivity contribution in [1.29, 1.82) is 0 Å². The molecule has 2 rings (SSSR count). The van der Waals surface area contributed by atoms with Crippen LogP contribution in [-0.2, 0) is 5.41 Å². The molecule has 5 heteroatoms. The fraction of sp³-hybridized carbons (Fsp3) is 0.429. The summed E-state index contributed by atoms with van der Waals surface area (Å²) in [5.41, 5.74) is 2.17. The molecule has 0 aliphatic carbocycles. The van der Waals surface area contributed by atoms with Gasteiger partial charge in [-0.15, -0.1) is 0 Å². The van der Waals surface area contributed by atoms with Gasteiger partial charge in [0.15, 0.2) is 0 Å². The number of hydrogen-bond donors (Lipinski definition) is 2. The van der Waals surface area contributed by atoms with E-state index in [4.69, 9.17) is 9.47 Å². The molecule has 0 aliphatic heterocycles. The largest absolute Gasteiger partial charge is 0.491 e. The van der Waals surface area contributed by atoms with Crippen molar-refractivity contribution in [3.8, 4) is 11.5 Å². The third-order valence-electron chi connectivity index (χ3n) is 4.26. The Hall–Kier alpha value is -1.56. The third kappa shape index (κ3) is 5.73. The van der Waals surface area contributed by atoms with Crippen molar-refractivity contribution in [2.45, 2.75) is 38.4 Å². The standard InChI is InChI=1S/C21H27BrO4/c1-15(23)13-25-19-8-4-16(5-9-19)21(2,3)17-6-10-20(11-7-17)26-14-18(24)12-22/h4-11,15,18,23-24H,12-14H2,1-3H3. The molecule has 0 radical (unpaired) electrons. The lowest BCUT2D eigenvalue weighted by molar-refractivity contribution is 0.122. The lowest BCUT2D eigenvalue weighted by Gasteiger charge is -2.26. The number of ether oxygens (including phenoxy) is 2. The van der Waals surface area contributed by atoms with Crippen molar-refractivity contribution in [3.05, 3.63) is 59.7 Å². The summed E-state index contributed by atoms with van der Waals surface area (Å²) in [5, 5.41) is 19.3. The molecule has 0 saturated carbocycles. The molecule has 142 valence electrons. The predicted octanol–water partition coefficient (Wildman–Crippen LogP) is 3.91. The van der Waals surface area contributed by atoms with Crippen LogP contribution in [0.4, 0.5) is 0 Å². The first kappa shape index (κ1) is 20.7. The maximum absolute atomic E-state index is 9.55. The average molecular weight is 423 g/mol. The Morgan fingerprint density at radius 2 is 1.27 bits per heavy atom. The lowest BCUT2D eigenvalue weighted by atomic mass is 9.78. The predicted molar refractivity (Wildman–Crippen MR) is 107 cm³/mol. The Bertz CT molecular complexity index is 665. The van der Waals surface area contributed by atoms with Crippen LogP contribution in [0.1, 0.15) is 31.9 Å². The van der Waals surface area contributed by atoms with E-state index < -0.39 is 12.2 Å². The van der Waals surface area contributed by atoms with Crippen LogP contribution in [0.25, 0.3) is 0 Å². The quantitative estimate of drug-likeness (QED) is 0.601. The smallest absolute Gasteiger partial charge is 0.119 e. The second kappa shape index (κ2) is 9.40. The highest BCUT2D eigenvalue weighted by atomic mass is 79.9. The zero-order valence-corrected chi connectivity index (χ0v) is 17.1. The summed E-state index contributed by atoms with van der Waals surface area (Å²) in [4.78, 5) is 0. The minimum absolute atomic E-state index is 0.170. The Kier molecular flexibility index (Phi) is 7.50. The number of alkyl halides is 1. The summed E-state index contributed by atoms with van der Waals surface area (Å²) >= 11 is 3.22. The molecule has 0 aliphatic rings. The number of aliphatic hydroxyl groups is 2. The number of benzene rings is 2. The van der Waals surface area contributed by atoms with Gasteiger partial charge in [0.2, 0.25) is 0 Å². The van der Waals surface area contributed by atoms with E-state index in [1.807, 2.05) is 48.5 Å². The van der Waals surface area contributed by atoms with Crippen LogP contribution in [0.5, 0.6) is 11.5 Å². The van der Waals surface area contributed by atoms with Crippen molar-refractivity contribution >= 4 is 15.9 Å². The van der Waals surface area contributed by atoms with E-state index in [1.54, 1.807) is 6.92 Å². The van der Waals surface area contributed by atoms with Gasteiger partial charge in [-0.2, -0.15) is 0 Å². The van der Waals surface area contributed by atoms with Crippen LogP contribution >= 0.6 is 15.9 Å². The van der Waals surface area contributed by atoms with Gasteiger partial charge in [0.25, 0.3) is 0 Å². The number of aliphatic hydroxyl groups excluding tert-OH is 2. The highest BCUT2D eigenvalue weighted by molar-refractivity contribution is 9.09. The molecule has 2 aromatic rings. The summed E-state index contributed by atoms with van der Waals surface area (Å²) in [6.45, 7) is 6.59. The van der Waals surface area contributed by atoms with Gasteiger partial charge in [0, 0.05) is 10.7 Å². The van der Waals surface area contributed by atoms with E-state index >= 15 is 0 Å². The summed E-state index contributed by atoms with van der Waals surface area (Å²) in [5.74, 6) is 1.49. The van der Waals surface area contributed by atoms with Crippen LogP contribution in [-0.4, -0.2) is 41.0 Å². The number of halogens is 1. The van der Waals surface area contributed by atoms with Crippen LogP contribution in [0.2, 0.25) is 0 Å². The molecule has 0 fully saturated rings. The summed E-state index contributed by atoms with van der Waals surface area (Å²) in [6.07, 6.45) is -0.997. The van der Waals surface area contributed by atoms with Gasteiger partial charge in [-0.05, 0) is 42.3 Å². The second-order valence-corrected chi connectivity index (χ2v) is 7.60. The fourth-order valence-electron chi connectivity index (χ4n) is 2.56. The highest BCUT2D eigenvalue weighted by Gasteiger charge is 2.23. The Morgan fingerprint density at radius 3 is 1.65 bits per heavy atom. The van der Waals surface area contributed by atoms with Gasteiger partial charge in [0.05, 0.1) is 12.2 Å². The van der Waals surface area contributed by atoms with Gasteiger partial charge in [-0.25, -0.2) is 0 Å². The van der Waals surface area contributed by atoms with Gasteiger partial charge in [0.1, 0.15) is 24.7 Å². The number of hydrogen-bond acceptors (Lipinski definition) is 4. The molecule has 2 unspecified atom stereocenters. The van der Waals surface area contributed by atoms with Gasteiger partial charge in [-0.3, -0.25) is 0 Å². The summed E-state index contributed by atoms with van der Waals surface area (Å²) in [7, 11) is 0. The van der Waals surface area contributed by atoms with Gasteiger partial charge in [-0.1, -0.05) is 54.0 Å². The van der Waals surface area contributed by atoms with E-state index in [0.29, 0.717) is 5.33 Å². The first-order chi connectivity index (χ1) is 12.3. The average Bonchev–Trinajstić information content (AvgIpc) is 2.65. The molecule has 0 spiro atoms. The minimum atomic E-state index is -0.513. The first-order valence-electron chi connectivity index (χ1n) is 8.71. The number of rotatable bonds is 9. The molecule has 2 atom stereocenters. The van der Waals surface area contributed by atoms with E-state index in [-0.39, 0.29) is 18.6 Å². The monoisotopic (exact) mass is 422 g/mol. The van der Waals surface area contributed by atoms with Crippen molar-refractivity contribution in [2.24, 2.45) is 0 Å². The van der Waals surface area contributed by atoms with Gasteiger partial charge < -0.3 is 19.7 Å². The van der Waals surface area contributed by atoms with E-state index in [2.05, 4.69) is 29.8 Å². The molecule has 26 heavy (non-hydrogen) atoms. The first-order valence-corrected chi connectivity index (χ1v) is 9.84. The van der Waals surface area contributed by atoms with Gasteiger partial charge >= 0.3 is 0 Å². The van der Waals surface area contributed by atoms with Crippen molar-refractivity contribution in [2.75, 3.05) is 18.5 Å². The highest BCUT2D eigenvalue weighted by Crippen LogP contribution is 2.33. The van der Waals surface area contributed by atoms with Crippen LogP contribution < -0.4 is 9.47 Å². The maximum atomic E-state index is 9.55. The zero-order valence-electron chi connectivity index (χ0n) is 15.5. The molecule has 4 nitrogen and oxygen atoms in total. The molecule has 2 aromatic carbocycles. The van der Waals surface area contributed by atoms with E-state index in [0.717, 1.165) is 11.5 Å². The summed E-state index contributed by atoms with van der Waals surface area (Å²) in [6, 6.07) is 15.9. The molecule has 0 saturated heterocycles. The van der Waals surface area contributed by atoms with Crippen molar-refractivity contribution in [1.82, 2.24) is 0 Å². The molecule has 0 bridgehead atoms. The molecule has 0 aromatic heterocycles. The SMILES string of the molecule is CC(O)COc1ccc(C(C)(C)c2ccc(OCC(O)CBr)cc2)cc1. The minimum Gasteiger partial charge on any atom is -0.491 e. The van der Waals surface area contributed by atoms with Crippen LogP contribution in [0.3, 0.4) is 0 Å². The molecule has 0 heterocycles. The Balaban J connectivity index is 2.06. The third-order valence-corrected chi connectivity index (χ3v) is 5.01. The molecule has 0 amide bonds. The van der Waals surface area contributed by atoms with Crippen molar-refractivity contribution < 1.29 is 19.7 Å². The molecular weight excluding hydrogens is 396 g/mol.